The molecule has 0 saturated heterocycles. The number of nitrogens with zero attached hydrogens (tertiary/aromatic N) is 1. The number of fused-ring (bicyclic) bond motifs is 1. The zero-order chi connectivity index (χ0) is 15.3. The van der Waals surface area contributed by atoms with Gasteiger partial charge in [0, 0.05) is 12.0 Å². The monoisotopic (exact) mass is 297 g/mol. The lowest BCUT2D eigenvalue weighted by Crippen LogP contribution is -2.24. The molecule has 0 spiro atoms. The van der Waals surface area contributed by atoms with E-state index in [4.69, 9.17) is 16.0 Å². The van der Waals surface area contributed by atoms with E-state index in [1.807, 2.05) is 30.3 Å². The smallest absolute Gasteiger partial charge is 0.276 e. The van der Waals surface area contributed by atoms with E-state index < -0.39 is 10.1 Å². The van der Waals surface area contributed by atoms with Gasteiger partial charge in [-0.15, -0.1) is 0 Å². The molecule has 0 bridgehead atoms. The van der Waals surface area contributed by atoms with Crippen LogP contribution in [0.3, 0.4) is 0 Å². The lowest BCUT2D eigenvalue weighted by Gasteiger charge is -1.96. The van der Waals surface area contributed by atoms with Crippen molar-refractivity contribution in [1.29, 1.82) is 0 Å². The third kappa shape index (κ3) is 5.63. The summed E-state index contributed by atoms with van der Waals surface area (Å²) in [5.74, 6) is -0.553. The van der Waals surface area contributed by atoms with Gasteiger partial charge in [-0.05, 0) is 17.2 Å². The molecule has 7 nitrogen and oxygen atoms in total. The Labute approximate surface area is 116 Å². The van der Waals surface area contributed by atoms with E-state index in [9.17, 15) is 13.2 Å². The third-order valence-electron chi connectivity index (χ3n) is 2.27. The molecular formula is C12H15N3O4S. The first kappa shape index (κ1) is 15.9. The molecule has 2 rings (SSSR count). The van der Waals surface area contributed by atoms with Crippen LogP contribution in [0.4, 0.5) is 0 Å². The molecule has 0 unspecified atom stereocenters. The molecule has 0 aliphatic heterocycles. The predicted molar refractivity (Wildman–Crippen MR) is 76.4 cm³/mol. The standard InChI is InChI=1S/C11H11N3O.CH4O3S/c12-11(13)14-10(15)9-5-7-3-1-2-4-8(7)6-9;1-5(2,3)4/h1-5H,6H2,(H4,12,13,14,15);1H3,(H,2,3,4). The van der Waals surface area contributed by atoms with Crippen LogP contribution >= 0.6 is 0 Å². The fourth-order valence-corrected chi connectivity index (χ4v) is 1.61. The molecule has 1 aliphatic carbocycles. The van der Waals surface area contributed by atoms with Crippen molar-refractivity contribution in [3.8, 4) is 0 Å². The highest BCUT2D eigenvalue weighted by Crippen LogP contribution is 2.25. The van der Waals surface area contributed by atoms with Crippen molar-refractivity contribution in [3.05, 3.63) is 41.0 Å². The van der Waals surface area contributed by atoms with Crippen molar-refractivity contribution in [3.63, 3.8) is 0 Å². The highest BCUT2D eigenvalue weighted by atomic mass is 32.2. The molecule has 0 aromatic heterocycles. The summed E-state index contributed by atoms with van der Waals surface area (Å²) >= 11 is 0. The van der Waals surface area contributed by atoms with E-state index >= 15 is 0 Å². The van der Waals surface area contributed by atoms with Gasteiger partial charge in [-0.2, -0.15) is 13.4 Å². The number of nitrogens with two attached hydrogens (primary N) is 2. The molecule has 0 saturated carbocycles. The fourth-order valence-electron chi connectivity index (χ4n) is 1.61. The van der Waals surface area contributed by atoms with Crippen LogP contribution in [-0.2, 0) is 21.3 Å². The Morgan fingerprint density at radius 1 is 1.30 bits per heavy atom. The van der Waals surface area contributed by atoms with E-state index in [0.29, 0.717) is 18.2 Å². The number of benzene rings is 1. The van der Waals surface area contributed by atoms with Gasteiger partial charge in [0.25, 0.3) is 16.0 Å². The molecule has 1 aromatic carbocycles. The van der Waals surface area contributed by atoms with Crippen LogP contribution in [-0.4, -0.2) is 31.1 Å². The minimum Gasteiger partial charge on any atom is -0.370 e. The number of hydrogen-bond acceptors (Lipinski definition) is 3. The summed E-state index contributed by atoms with van der Waals surface area (Å²) in [6.07, 6.45) is 3.14. The zero-order valence-corrected chi connectivity index (χ0v) is 11.6. The normalized spacial score (nSPS) is 12.6. The molecule has 5 N–H and O–H groups in total. The Morgan fingerprint density at radius 2 is 1.85 bits per heavy atom. The van der Waals surface area contributed by atoms with Gasteiger partial charge in [0.2, 0.25) is 0 Å². The topological polar surface area (TPSA) is 136 Å². The van der Waals surface area contributed by atoms with Crippen molar-refractivity contribution in [2.45, 2.75) is 6.42 Å². The Hall–Kier alpha value is -2.19. The fraction of sp³-hybridized carbons (Fsp3) is 0.167. The number of amides is 1. The van der Waals surface area contributed by atoms with Gasteiger partial charge < -0.3 is 11.5 Å². The summed E-state index contributed by atoms with van der Waals surface area (Å²) in [6.45, 7) is 0. The van der Waals surface area contributed by atoms with E-state index in [1.54, 1.807) is 0 Å². The lowest BCUT2D eigenvalue weighted by atomic mass is 10.1. The Balaban J connectivity index is 0.000000347. The summed E-state index contributed by atoms with van der Waals surface area (Å²) in [5, 5.41) is 0. The van der Waals surface area contributed by atoms with Gasteiger partial charge in [-0.3, -0.25) is 9.35 Å². The molecule has 1 aromatic rings. The second-order valence-corrected chi connectivity index (χ2v) is 5.59. The maximum Gasteiger partial charge on any atom is 0.276 e. The molecule has 0 radical (unpaired) electrons. The van der Waals surface area contributed by atoms with Gasteiger partial charge in [-0.1, -0.05) is 24.3 Å². The molecular weight excluding hydrogens is 282 g/mol. The van der Waals surface area contributed by atoms with Crippen molar-refractivity contribution in [2.24, 2.45) is 16.5 Å². The summed E-state index contributed by atoms with van der Waals surface area (Å²) < 4.78 is 25.9. The minimum atomic E-state index is -3.67. The van der Waals surface area contributed by atoms with E-state index in [0.717, 1.165) is 11.1 Å². The third-order valence-corrected chi connectivity index (χ3v) is 2.27. The summed E-state index contributed by atoms with van der Waals surface area (Å²) in [6, 6.07) is 7.83. The van der Waals surface area contributed by atoms with Crippen LogP contribution in [0.5, 0.6) is 0 Å². The van der Waals surface area contributed by atoms with Gasteiger partial charge in [0.1, 0.15) is 0 Å². The average Bonchev–Trinajstić information content (AvgIpc) is 2.69. The molecule has 20 heavy (non-hydrogen) atoms. The second kappa shape index (κ2) is 6.31. The zero-order valence-electron chi connectivity index (χ0n) is 10.8. The summed E-state index contributed by atoms with van der Waals surface area (Å²) in [4.78, 5) is 15.0. The second-order valence-electron chi connectivity index (χ2n) is 4.12. The van der Waals surface area contributed by atoms with Crippen LogP contribution in [0.1, 0.15) is 11.1 Å². The molecule has 1 amide bonds. The Bertz CT molecular complexity index is 666. The molecule has 8 heteroatoms. The van der Waals surface area contributed by atoms with Crippen LogP contribution < -0.4 is 11.5 Å². The maximum atomic E-state index is 11.5. The first-order valence-electron chi connectivity index (χ1n) is 5.51. The molecule has 108 valence electrons. The highest BCUT2D eigenvalue weighted by Gasteiger charge is 2.17. The molecule has 0 atom stereocenters. The highest BCUT2D eigenvalue weighted by molar-refractivity contribution is 7.85. The van der Waals surface area contributed by atoms with Gasteiger partial charge in [0.15, 0.2) is 5.96 Å². The van der Waals surface area contributed by atoms with Crippen molar-refractivity contribution in [1.82, 2.24) is 0 Å². The van der Waals surface area contributed by atoms with Crippen LogP contribution in [0, 0.1) is 0 Å². The van der Waals surface area contributed by atoms with Crippen molar-refractivity contribution < 1.29 is 17.8 Å². The maximum absolute atomic E-state index is 11.5. The summed E-state index contributed by atoms with van der Waals surface area (Å²) in [7, 11) is -3.67. The number of carbonyl (C=O) groups excluding carboxylic acids is 1. The van der Waals surface area contributed by atoms with Crippen LogP contribution in [0.25, 0.3) is 6.08 Å². The van der Waals surface area contributed by atoms with Crippen LogP contribution in [0.2, 0.25) is 0 Å². The number of hydrogen-bond donors (Lipinski definition) is 3. The van der Waals surface area contributed by atoms with Gasteiger partial charge in [0.05, 0.1) is 6.26 Å². The number of rotatable bonds is 1. The van der Waals surface area contributed by atoms with E-state index in [1.165, 1.54) is 0 Å². The van der Waals surface area contributed by atoms with E-state index in [2.05, 4.69) is 4.99 Å². The van der Waals surface area contributed by atoms with Crippen molar-refractivity contribution >= 4 is 28.1 Å². The quantitative estimate of drug-likeness (QED) is 0.377. The Morgan fingerprint density at radius 3 is 2.35 bits per heavy atom. The molecule has 0 heterocycles. The minimum absolute atomic E-state index is 0.197. The van der Waals surface area contributed by atoms with Gasteiger partial charge in [-0.25, -0.2) is 0 Å². The first-order chi connectivity index (χ1) is 9.16. The number of aliphatic imine (C=N–C) groups is 1. The largest absolute Gasteiger partial charge is 0.370 e. The number of carbonyl (C=O) groups is 1. The predicted octanol–water partition coefficient (Wildman–Crippen LogP) is -0.0699. The average molecular weight is 297 g/mol. The Kier molecular flexibility index (Phi) is 5.00. The van der Waals surface area contributed by atoms with Crippen LogP contribution in [0.15, 0.2) is 34.8 Å². The van der Waals surface area contributed by atoms with E-state index in [-0.39, 0.29) is 11.9 Å². The SMILES string of the molecule is CS(=O)(=O)O.NC(N)=NC(=O)C1=Cc2ccccc2C1. The lowest BCUT2D eigenvalue weighted by molar-refractivity contribution is -0.114. The van der Waals surface area contributed by atoms with Gasteiger partial charge >= 0.3 is 0 Å². The molecule has 0 fully saturated rings. The van der Waals surface area contributed by atoms with Crippen molar-refractivity contribution in [2.75, 3.05) is 6.26 Å². The summed E-state index contributed by atoms with van der Waals surface area (Å²) in [5.41, 5.74) is 13.1. The molecule has 1 aliphatic rings. The first-order valence-corrected chi connectivity index (χ1v) is 7.36. The number of guanidine groups is 1.